The maximum Gasteiger partial charge on any atom is 0.274 e. The number of aromatic nitrogens is 3. The molecule has 7 heteroatoms. The van der Waals surface area contributed by atoms with Crippen LogP contribution in [0.3, 0.4) is 0 Å². The van der Waals surface area contributed by atoms with E-state index in [9.17, 15) is 9.59 Å². The minimum atomic E-state index is -0.256. The van der Waals surface area contributed by atoms with Gasteiger partial charge in [-0.1, -0.05) is 0 Å². The summed E-state index contributed by atoms with van der Waals surface area (Å²) in [5, 5.41) is 0.951. The zero-order valence-electron chi connectivity index (χ0n) is 16.6. The summed E-state index contributed by atoms with van der Waals surface area (Å²) in [6, 6.07) is 5.90. The van der Waals surface area contributed by atoms with E-state index in [0.29, 0.717) is 18.7 Å². The second-order valence-corrected chi connectivity index (χ2v) is 7.56. The van der Waals surface area contributed by atoms with Gasteiger partial charge in [0.1, 0.15) is 5.69 Å². The number of aryl methyl sites for hydroxylation is 2. The van der Waals surface area contributed by atoms with Crippen LogP contribution in [0.25, 0.3) is 10.9 Å². The summed E-state index contributed by atoms with van der Waals surface area (Å²) in [5.74, 6) is -0.256. The molecule has 3 aromatic rings. The Morgan fingerprint density at radius 1 is 1.24 bits per heavy atom. The number of amides is 1. The van der Waals surface area contributed by atoms with Gasteiger partial charge in [-0.2, -0.15) is 0 Å². The Morgan fingerprint density at radius 3 is 2.79 bits per heavy atom. The van der Waals surface area contributed by atoms with Crippen molar-refractivity contribution < 1.29 is 9.53 Å². The fraction of sp³-hybridized carbons (Fsp3) is 0.364. The van der Waals surface area contributed by atoms with Gasteiger partial charge >= 0.3 is 0 Å². The van der Waals surface area contributed by atoms with E-state index in [-0.39, 0.29) is 29.8 Å². The van der Waals surface area contributed by atoms with Gasteiger partial charge in [0, 0.05) is 36.6 Å². The van der Waals surface area contributed by atoms with E-state index < -0.39 is 0 Å². The largest absolute Gasteiger partial charge is 0.376 e. The molecular weight excluding hydrogens is 368 g/mol. The highest BCUT2D eigenvalue weighted by Gasteiger charge is 2.25. The minimum Gasteiger partial charge on any atom is -0.376 e. The summed E-state index contributed by atoms with van der Waals surface area (Å²) in [6.45, 7) is 5.37. The molecule has 1 aromatic carbocycles. The number of fused-ring (bicyclic) bond motifs is 1. The molecule has 1 atom stereocenters. The van der Waals surface area contributed by atoms with Crippen LogP contribution < -0.4 is 5.56 Å². The van der Waals surface area contributed by atoms with E-state index in [1.165, 1.54) is 18.6 Å². The molecule has 1 aliphatic rings. The molecule has 1 N–H and O–H groups in total. The first-order valence-electron chi connectivity index (χ1n) is 9.81. The lowest BCUT2D eigenvalue weighted by Crippen LogP contribution is -2.38. The van der Waals surface area contributed by atoms with E-state index in [1.807, 2.05) is 26.0 Å². The molecule has 3 heterocycles. The van der Waals surface area contributed by atoms with Crippen molar-refractivity contribution in [1.29, 1.82) is 0 Å². The number of benzene rings is 1. The molecule has 1 aliphatic heterocycles. The molecule has 0 aliphatic carbocycles. The van der Waals surface area contributed by atoms with Crippen LogP contribution in [0, 0.1) is 13.8 Å². The van der Waals surface area contributed by atoms with Crippen LogP contribution in [0.5, 0.6) is 0 Å². The highest BCUT2D eigenvalue weighted by atomic mass is 16.5. The summed E-state index contributed by atoms with van der Waals surface area (Å²) >= 11 is 0. The van der Waals surface area contributed by atoms with E-state index >= 15 is 0 Å². The minimum absolute atomic E-state index is 0.0277. The summed E-state index contributed by atoms with van der Waals surface area (Å²) in [5.41, 5.74) is 3.68. The van der Waals surface area contributed by atoms with Crippen molar-refractivity contribution in [2.24, 2.45) is 0 Å². The standard InChI is InChI=1S/C22H24N4O3/c1-14-8-16-10-17(21(27)25-19(16)9-15(14)2)12-26(13-18-4-3-7-29-18)22(28)20-11-23-5-6-24-20/h5-6,8-11,18H,3-4,7,12-13H2,1-2H3,(H,25,27)/t18-/m1/s1. The average molecular weight is 392 g/mol. The quantitative estimate of drug-likeness (QED) is 0.721. The van der Waals surface area contributed by atoms with Crippen molar-refractivity contribution in [2.45, 2.75) is 39.3 Å². The first-order chi connectivity index (χ1) is 14.0. The van der Waals surface area contributed by atoms with Gasteiger partial charge < -0.3 is 14.6 Å². The van der Waals surface area contributed by atoms with Gasteiger partial charge in [0.05, 0.1) is 18.8 Å². The maximum absolute atomic E-state index is 13.1. The monoisotopic (exact) mass is 392 g/mol. The molecule has 0 bridgehead atoms. The molecule has 2 aromatic heterocycles. The Balaban J connectivity index is 1.67. The summed E-state index contributed by atoms with van der Waals surface area (Å²) in [4.78, 5) is 38.5. The molecule has 0 spiro atoms. The molecule has 0 radical (unpaired) electrons. The zero-order valence-corrected chi connectivity index (χ0v) is 16.6. The highest BCUT2D eigenvalue weighted by molar-refractivity contribution is 5.92. The predicted octanol–water partition coefficient (Wildman–Crippen LogP) is 2.76. The lowest BCUT2D eigenvalue weighted by molar-refractivity contribution is 0.0501. The highest BCUT2D eigenvalue weighted by Crippen LogP contribution is 2.19. The predicted molar refractivity (Wildman–Crippen MR) is 110 cm³/mol. The maximum atomic E-state index is 13.1. The van der Waals surface area contributed by atoms with E-state index in [0.717, 1.165) is 34.9 Å². The third kappa shape index (κ3) is 4.19. The topological polar surface area (TPSA) is 88.2 Å². The second kappa shape index (κ2) is 8.13. The summed E-state index contributed by atoms with van der Waals surface area (Å²) in [6.07, 6.45) is 6.32. The molecule has 1 saturated heterocycles. The normalized spacial score (nSPS) is 16.3. The fourth-order valence-corrected chi connectivity index (χ4v) is 3.67. The van der Waals surface area contributed by atoms with Gasteiger partial charge in [0.2, 0.25) is 0 Å². The van der Waals surface area contributed by atoms with Crippen molar-refractivity contribution >= 4 is 16.8 Å². The molecular formula is C22H24N4O3. The first kappa shape index (κ1) is 19.3. The van der Waals surface area contributed by atoms with Crippen LogP contribution >= 0.6 is 0 Å². The SMILES string of the molecule is Cc1cc2cc(CN(C[C@H]3CCCO3)C(=O)c3cnccn3)c(=O)[nH]c2cc1C. The Kier molecular flexibility index (Phi) is 5.40. The number of rotatable bonds is 5. The van der Waals surface area contributed by atoms with Crippen LogP contribution in [0.2, 0.25) is 0 Å². The van der Waals surface area contributed by atoms with Gasteiger partial charge in [-0.25, -0.2) is 4.98 Å². The number of nitrogens with zero attached hydrogens (tertiary/aromatic N) is 3. The summed E-state index contributed by atoms with van der Waals surface area (Å²) in [7, 11) is 0. The van der Waals surface area contributed by atoms with Gasteiger partial charge in [-0.05, 0) is 61.4 Å². The lowest BCUT2D eigenvalue weighted by Gasteiger charge is -2.25. The van der Waals surface area contributed by atoms with Gasteiger partial charge in [0.25, 0.3) is 11.5 Å². The molecule has 0 unspecified atom stereocenters. The van der Waals surface area contributed by atoms with Gasteiger partial charge in [0.15, 0.2) is 0 Å². The number of hydrogen-bond acceptors (Lipinski definition) is 5. The third-order valence-electron chi connectivity index (χ3n) is 5.41. The van der Waals surface area contributed by atoms with Crippen molar-refractivity contribution in [1.82, 2.24) is 19.9 Å². The van der Waals surface area contributed by atoms with E-state index in [1.54, 1.807) is 4.90 Å². The molecule has 150 valence electrons. The Bertz CT molecular complexity index is 1090. The molecule has 29 heavy (non-hydrogen) atoms. The molecule has 1 amide bonds. The zero-order chi connectivity index (χ0) is 20.4. The molecule has 4 rings (SSSR count). The number of carbonyl (C=O) groups is 1. The molecule has 1 fully saturated rings. The Morgan fingerprint density at radius 2 is 2.07 bits per heavy atom. The number of nitrogens with one attached hydrogen (secondary N) is 1. The Hall–Kier alpha value is -3.06. The van der Waals surface area contributed by atoms with Crippen LogP contribution in [0.4, 0.5) is 0 Å². The molecule has 7 nitrogen and oxygen atoms in total. The van der Waals surface area contributed by atoms with Crippen LogP contribution in [-0.4, -0.2) is 45.0 Å². The number of hydrogen-bond donors (Lipinski definition) is 1. The Labute approximate surface area is 168 Å². The van der Waals surface area contributed by atoms with E-state index in [2.05, 4.69) is 21.0 Å². The van der Waals surface area contributed by atoms with E-state index in [4.69, 9.17) is 4.74 Å². The number of pyridine rings is 1. The number of carbonyl (C=O) groups excluding carboxylic acids is 1. The third-order valence-corrected chi connectivity index (χ3v) is 5.41. The van der Waals surface area contributed by atoms with Crippen LogP contribution in [-0.2, 0) is 11.3 Å². The van der Waals surface area contributed by atoms with Crippen molar-refractivity contribution in [3.05, 3.63) is 69.5 Å². The number of ether oxygens (including phenoxy) is 1. The lowest BCUT2D eigenvalue weighted by atomic mass is 10.0. The van der Waals surface area contributed by atoms with Gasteiger partial charge in [-0.15, -0.1) is 0 Å². The van der Waals surface area contributed by atoms with Crippen LogP contribution in [0.1, 0.15) is 40.0 Å². The van der Waals surface area contributed by atoms with Crippen molar-refractivity contribution in [3.63, 3.8) is 0 Å². The smallest absolute Gasteiger partial charge is 0.274 e. The van der Waals surface area contributed by atoms with Crippen molar-refractivity contribution in [3.8, 4) is 0 Å². The van der Waals surface area contributed by atoms with Crippen molar-refractivity contribution in [2.75, 3.05) is 13.2 Å². The number of aromatic amines is 1. The average Bonchev–Trinajstić information content (AvgIpc) is 3.23. The molecule has 0 saturated carbocycles. The first-order valence-corrected chi connectivity index (χ1v) is 9.81. The number of H-pyrrole nitrogens is 1. The fourth-order valence-electron chi connectivity index (χ4n) is 3.67. The second-order valence-electron chi connectivity index (χ2n) is 7.56. The van der Waals surface area contributed by atoms with Gasteiger partial charge in [-0.3, -0.25) is 14.6 Å². The summed E-state index contributed by atoms with van der Waals surface area (Å²) < 4.78 is 5.72. The van der Waals surface area contributed by atoms with Crippen LogP contribution in [0.15, 0.2) is 41.6 Å².